The van der Waals surface area contributed by atoms with Crippen LogP contribution in [0.4, 0.5) is 0 Å². The molecule has 1 saturated heterocycles. The van der Waals surface area contributed by atoms with Gasteiger partial charge in [-0.25, -0.2) is 0 Å². The average Bonchev–Trinajstić information content (AvgIpc) is 3.22. The first-order valence-corrected chi connectivity index (χ1v) is 22.9. The van der Waals surface area contributed by atoms with Crippen molar-refractivity contribution in [1.82, 2.24) is 0 Å². The molecule has 4 N–H and O–H groups in total. The van der Waals surface area contributed by atoms with E-state index in [1.165, 1.54) is 64.2 Å². The largest absolute Gasteiger partial charge is 0.462 e. The zero-order chi connectivity index (χ0) is 42.3. The van der Waals surface area contributed by atoms with Crippen molar-refractivity contribution >= 4 is 11.9 Å². The summed E-state index contributed by atoms with van der Waals surface area (Å²) in [5.41, 5.74) is 0. The second-order valence-electron chi connectivity index (χ2n) is 15.5. The van der Waals surface area contributed by atoms with E-state index in [2.05, 4.69) is 74.6 Å². The van der Waals surface area contributed by atoms with Crippen LogP contribution in [-0.2, 0) is 28.5 Å². The molecule has 0 aromatic carbocycles. The summed E-state index contributed by atoms with van der Waals surface area (Å²) in [6.07, 6.45) is 39.4. The zero-order valence-corrected chi connectivity index (χ0v) is 36.3. The monoisotopic (exact) mass is 819 g/mol. The maximum Gasteiger partial charge on any atom is 0.306 e. The molecule has 0 saturated carbocycles. The quantitative estimate of drug-likeness (QED) is 0.0271. The number of aliphatic hydroxyl groups excluding tert-OH is 4. The fourth-order valence-electron chi connectivity index (χ4n) is 6.57. The van der Waals surface area contributed by atoms with Gasteiger partial charge in [0.2, 0.25) is 0 Å². The van der Waals surface area contributed by atoms with Crippen LogP contribution in [0.1, 0.15) is 174 Å². The summed E-state index contributed by atoms with van der Waals surface area (Å²) in [4.78, 5) is 25.3. The van der Waals surface area contributed by atoms with E-state index in [1.54, 1.807) is 0 Å². The number of aliphatic hydroxyl groups is 4. The predicted molar refractivity (Wildman–Crippen MR) is 233 cm³/mol. The van der Waals surface area contributed by atoms with Crippen molar-refractivity contribution in [2.75, 3.05) is 19.8 Å². The number of rotatable bonds is 37. The molecule has 0 aliphatic carbocycles. The van der Waals surface area contributed by atoms with Crippen LogP contribution in [0.3, 0.4) is 0 Å². The number of allylic oxidation sites excluding steroid dienone is 10. The second-order valence-corrected chi connectivity index (χ2v) is 15.5. The Balaban J connectivity index is 2.35. The third-order valence-electron chi connectivity index (χ3n) is 10.2. The van der Waals surface area contributed by atoms with Crippen LogP contribution in [0.25, 0.3) is 0 Å². The molecular formula is C48H82O10. The van der Waals surface area contributed by atoms with Gasteiger partial charge in [0.05, 0.1) is 13.2 Å². The van der Waals surface area contributed by atoms with E-state index in [1.807, 2.05) is 0 Å². The van der Waals surface area contributed by atoms with Crippen LogP contribution >= 0.6 is 0 Å². The van der Waals surface area contributed by atoms with Crippen molar-refractivity contribution in [1.29, 1.82) is 0 Å². The van der Waals surface area contributed by atoms with E-state index in [4.69, 9.17) is 18.9 Å². The highest BCUT2D eigenvalue weighted by Crippen LogP contribution is 2.22. The Morgan fingerprint density at radius 2 is 1.02 bits per heavy atom. The van der Waals surface area contributed by atoms with Crippen molar-refractivity contribution in [2.45, 2.75) is 211 Å². The van der Waals surface area contributed by atoms with E-state index in [0.717, 1.165) is 70.6 Å². The van der Waals surface area contributed by atoms with Gasteiger partial charge in [-0.1, -0.05) is 164 Å². The lowest BCUT2D eigenvalue weighted by molar-refractivity contribution is -0.305. The average molecular weight is 819 g/mol. The molecular weight excluding hydrogens is 737 g/mol. The minimum absolute atomic E-state index is 0.223. The number of hydrogen-bond donors (Lipinski definition) is 4. The van der Waals surface area contributed by atoms with Gasteiger partial charge in [0, 0.05) is 12.8 Å². The van der Waals surface area contributed by atoms with Crippen molar-refractivity contribution in [3.05, 3.63) is 60.8 Å². The lowest BCUT2D eigenvalue weighted by Gasteiger charge is -2.39. The molecule has 10 nitrogen and oxygen atoms in total. The van der Waals surface area contributed by atoms with Crippen molar-refractivity contribution in [3.63, 3.8) is 0 Å². The summed E-state index contributed by atoms with van der Waals surface area (Å²) in [5.74, 6) is -0.844. The van der Waals surface area contributed by atoms with Gasteiger partial charge < -0.3 is 39.4 Å². The molecule has 10 heteroatoms. The van der Waals surface area contributed by atoms with Gasteiger partial charge >= 0.3 is 11.9 Å². The van der Waals surface area contributed by atoms with Gasteiger partial charge in [-0.05, 0) is 57.8 Å². The summed E-state index contributed by atoms with van der Waals surface area (Å²) < 4.78 is 22.1. The van der Waals surface area contributed by atoms with Gasteiger partial charge in [-0.3, -0.25) is 9.59 Å². The molecule has 1 rings (SSSR count). The van der Waals surface area contributed by atoms with Crippen LogP contribution in [0.5, 0.6) is 0 Å². The van der Waals surface area contributed by atoms with Crippen LogP contribution in [0.2, 0.25) is 0 Å². The molecule has 1 fully saturated rings. The summed E-state index contributed by atoms with van der Waals surface area (Å²) in [6, 6.07) is 0. The third kappa shape index (κ3) is 29.6. The smallest absolute Gasteiger partial charge is 0.306 e. The Morgan fingerprint density at radius 1 is 0.552 bits per heavy atom. The molecule has 6 atom stereocenters. The SMILES string of the molecule is CC/C=C/C/C=C/C/C=C/C/C=C/C/C=C/CCCCCC(=O)OC[C@@H](CO[C@H]1O[C@@H](CO)[C@@H](O)C(O)C1O)OC(=O)CCCCCCCCCCCCCCCC. The molecule has 0 aromatic rings. The van der Waals surface area contributed by atoms with E-state index in [-0.39, 0.29) is 26.1 Å². The summed E-state index contributed by atoms with van der Waals surface area (Å²) in [6.45, 7) is 3.27. The Kier molecular flexibility index (Phi) is 35.5. The van der Waals surface area contributed by atoms with Crippen molar-refractivity contribution in [2.24, 2.45) is 0 Å². The molecule has 0 amide bonds. The lowest BCUT2D eigenvalue weighted by atomic mass is 9.99. The predicted octanol–water partition coefficient (Wildman–Crippen LogP) is 9.83. The lowest BCUT2D eigenvalue weighted by Crippen LogP contribution is -2.59. The first kappa shape index (κ1) is 53.4. The highest BCUT2D eigenvalue weighted by Gasteiger charge is 2.44. The number of ether oxygens (including phenoxy) is 4. The highest BCUT2D eigenvalue weighted by atomic mass is 16.7. The van der Waals surface area contributed by atoms with Crippen molar-refractivity contribution < 1.29 is 49.0 Å². The molecule has 0 aromatic heterocycles. The topological polar surface area (TPSA) is 152 Å². The highest BCUT2D eigenvalue weighted by molar-refractivity contribution is 5.70. The number of unbranched alkanes of at least 4 members (excludes halogenated alkanes) is 16. The molecule has 1 heterocycles. The van der Waals surface area contributed by atoms with Crippen LogP contribution in [0.15, 0.2) is 60.8 Å². The molecule has 1 aliphatic rings. The number of esters is 2. The van der Waals surface area contributed by atoms with Gasteiger partial charge in [0.1, 0.15) is 31.0 Å². The fraction of sp³-hybridized carbons (Fsp3) is 0.750. The first-order chi connectivity index (χ1) is 28.3. The molecule has 2 unspecified atom stereocenters. The Bertz CT molecular complexity index is 1130. The minimum atomic E-state index is -1.60. The molecule has 58 heavy (non-hydrogen) atoms. The molecule has 0 spiro atoms. The fourth-order valence-corrected chi connectivity index (χ4v) is 6.57. The second kappa shape index (κ2) is 38.6. The van der Waals surface area contributed by atoms with E-state index in [9.17, 15) is 30.0 Å². The minimum Gasteiger partial charge on any atom is -0.462 e. The van der Waals surface area contributed by atoms with Crippen molar-refractivity contribution in [3.8, 4) is 0 Å². The number of carbonyl (C=O) groups is 2. The first-order valence-electron chi connectivity index (χ1n) is 22.9. The molecule has 0 radical (unpaired) electrons. The maximum atomic E-state index is 12.8. The van der Waals surface area contributed by atoms with Gasteiger partial charge in [-0.15, -0.1) is 0 Å². The van der Waals surface area contributed by atoms with Crippen LogP contribution in [0, 0.1) is 0 Å². The zero-order valence-electron chi connectivity index (χ0n) is 36.3. The Labute approximate surface area is 351 Å². The summed E-state index contributed by atoms with van der Waals surface area (Å²) >= 11 is 0. The van der Waals surface area contributed by atoms with Crippen LogP contribution < -0.4 is 0 Å². The third-order valence-corrected chi connectivity index (χ3v) is 10.2. The van der Waals surface area contributed by atoms with E-state index >= 15 is 0 Å². The standard InChI is InChI=1S/C48H82O10/c1-3-5-7-9-11-13-15-17-19-20-21-22-23-25-26-28-30-32-34-36-43(50)55-39-41(40-56-48-47(54)46(53)45(52)42(38-49)58-48)57-44(51)37-35-33-31-29-27-24-18-16-14-12-10-8-6-4-2/h5,7,11,13,17,19,21-22,25-26,41-42,45-49,52-54H,3-4,6,8-10,12,14-16,18,20,23-24,27-40H2,1-2H3/b7-5+,13-11+,19-17+,22-21+,26-25+/t41-,42-,45+,46?,47?,48-/m0/s1. The Morgan fingerprint density at radius 3 is 1.53 bits per heavy atom. The van der Waals surface area contributed by atoms with E-state index in [0.29, 0.717) is 12.8 Å². The maximum absolute atomic E-state index is 12.8. The summed E-state index contributed by atoms with van der Waals surface area (Å²) in [5, 5.41) is 40.1. The molecule has 1 aliphatic heterocycles. The van der Waals surface area contributed by atoms with Crippen LogP contribution in [-0.4, -0.2) is 89.0 Å². The van der Waals surface area contributed by atoms with Gasteiger partial charge in [0.15, 0.2) is 12.4 Å². The summed E-state index contributed by atoms with van der Waals surface area (Å²) in [7, 11) is 0. The van der Waals surface area contributed by atoms with E-state index < -0.39 is 55.4 Å². The van der Waals surface area contributed by atoms with Gasteiger partial charge in [0.25, 0.3) is 0 Å². The van der Waals surface area contributed by atoms with Gasteiger partial charge in [-0.2, -0.15) is 0 Å². The number of carbonyl (C=O) groups excluding carboxylic acids is 2. The normalized spacial score (nSPS) is 20.7. The Hall–Kier alpha value is -2.60. The number of hydrogen-bond acceptors (Lipinski definition) is 10. The molecule has 0 bridgehead atoms. The molecule has 334 valence electrons.